The van der Waals surface area contributed by atoms with Gasteiger partial charge in [-0.05, 0) is 11.8 Å². The Labute approximate surface area is 58.2 Å². The molecule has 9 heavy (non-hydrogen) atoms. The van der Waals surface area contributed by atoms with Crippen molar-refractivity contribution in [1.29, 1.82) is 0 Å². The molecule has 0 aromatic carbocycles. The van der Waals surface area contributed by atoms with Crippen molar-refractivity contribution in [2.45, 2.75) is 27.2 Å². The molecule has 0 saturated heterocycles. The minimum atomic E-state index is 0.361. The van der Waals surface area contributed by atoms with E-state index in [-0.39, 0.29) is 0 Å². The summed E-state index contributed by atoms with van der Waals surface area (Å²) in [6, 6.07) is 0. The molecule has 0 saturated carbocycles. The highest BCUT2D eigenvalue weighted by Crippen LogP contribution is 2.21. The van der Waals surface area contributed by atoms with Gasteiger partial charge < -0.3 is 5.32 Å². The van der Waals surface area contributed by atoms with Crippen molar-refractivity contribution in [2.75, 3.05) is 7.05 Å². The minimum Gasteiger partial charge on any atom is -0.392 e. The predicted molar refractivity (Wildman–Crippen MR) is 42.3 cm³/mol. The molecular weight excluding hydrogens is 110 g/mol. The lowest BCUT2D eigenvalue weighted by Crippen LogP contribution is -2.13. The molecule has 0 aliphatic heterocycles. The zero-order valence-electron chi connectivity index (χ0n) is 6.91. The van der Waals surface area contributed by atoms with Crippen LogP contribution in [-0.4, -0.2) is 7.05 Å². The third kappa shape index (κ3) is 5.41. The van der Waals surface area contributed by atoms with E-state index in [4.69, 9.17) is 0 Å². The molecule has 1 nitrogen and oxygen atoms in total. The lowest BCUT2D eigenvalue weighted by Gasteiger charge is -2.18. The van der Waals surface area contributed by atoms with Crippen molar-refractivity contribution in [3.63, 3.8) is 0 Å². The van der Waals surface area contributed by atoms with Gasteiger partial charge in [0.1, 0.15) is 0 Å². The van der Waals surface area contributed by atoms with Crippen molar-refractivity contribution in [1.82, 2.24) is 5.32 Å². The summed E-state index contributed by atoms with van der Waals surface area (Å²) in [6.07, 6.45) is 1.05. The molecule has 0 aromatic heterocycles. The van der Waals surface area contributed by atoms with E-state index >= 15 is 0 Å². The van der Waals surface area contributed by atoms with Crippen molar-refractivity contribution >= 4 is 0 Å². The zero-order valence-corrected chi connectivity index (χ0v) is 6.91. The smallest absolute Gasteiger partial charge is 0.00363 e. The summed E-state index contributed by atoms with van der Waals surface area (Å²) in [7, 11) is 1.91. The molecule has 1 N–H and O–H groups in total. The van der Waals surface area contributed by atoms with Gasteiger partial charge >= 0.3 is 0 Å². The lowest BCUT2D eigenvalue weighted by atomic mass is 9.91. The predicted octanol–water partition coefficient (Wildman–Crippen LogP) is 2.16. The highest BCUT2D eigenvalue weighted by atomic mass is 14.8. The summed E-state index contributed by atoms with van der Waals surface area (Å²) in [6.45, 7) is 10.5. The van der Waals surface area contributed by atoms with E-state index in [0.717, 1.165) is 12.1 Å². The Morgan fingerprint density at radius 3 is 2.00 bits per heavy atom. The van der Waals surface area contributed by atoms with Gasteiger partial charge in [0.05, 0.1) is 0 Å². The fourth-order valence-corrected chi connectivity index (χ4v) is 0.729. The first-order valence-electron chi connectivity index (χ1n) is 3.31. The fourth-order valence-electron chi connectivity index (χ4n) is 0.729. The van der Waals surface area contributed by atoms with Gasteiger partial charge in [-0.2, -0.15) is 0 Å². The van der Waals surface area contributed by atoms with E-state index in [1.807, 2.05) is 7.05 Å². The van der Waals surface area contributed by atoms with Gasteiger partial charge in [0.15, 0.2) is 0 Å². The highest BCUT2D eigenvalue weighted by Gasteiger charge is 2.10. The van der Waals surface area contributed by atoms with Crippen LogP contribution in [0.1, 0.15) is 27.2 Å². The molecule has 0 fully saturated rings. The van der Waals surface area contributed by atoms with E-state index in [1.54, 1.807) is 0 Å². The maximum atomic E-state index is 3.85. The van der Waals surface area contributed by atoms with E-state index in [1.165, 1.54) is 0 Å². The Kier molecular flexibility index (Phi) is 2.75. The van der Waals surface area contributed by atoms with Crippen LogP contribution in [0.2, 0.25) is 0 Å². The van der Waals surface area contributed by atoms with E-state index < -0.39 is 0 Å². The minimum absolute atomic E-state index is 0.361. The Bertz CT molecular complexity index is 97.6. The van der Waals surface area contributed by atoms with Crippen LogP contribution in [0.15, 0.2) is 12.3 Å². The van der Waals surface area contributed by atoms with Crippen LogP contribution in [0.4, 0.5) is 0 Å². The number of allylic oxidation sites excluding steroid dienone is 1. The van der Waals surface area contributed by atoms with Gasteiger partial charge in [0.25, 0.3) is 0 Å². The highest BCUT2D eigenvalue weighted by molar-refractivity contribution is 4.93. The Hall–Kier alpha value is -0.460. The normalized spacial score (nSPS) is 11.1. The standard InChI is InChI=1S/C8H17N/c1-7(9-5)6-8(2,3)4/h9H,1,6H2,2-5H3. The average molecular weight is 127 g/mol. The summed E-state index contributed by atoms with van der Waals surface area (Å²) >= 11 is 0. The lowest BCUT2D eigenvalue weighted by molar-refractivity contribution is 0.402. The van der Waals surface area contributed by atoms with E-state index in [9.17, 15) is 0 Å². The summed E-state index contributed by atoms with van der Waals surface area (Å²) in [4.78, 5) is 0. The second kappa shape index (κ2) is 2.90. The third-order valence-corrected chi connectivity index (χ3v) is 1.10. The first kappa shape index (κ1) is 8.54. The maximum Gasteiger partial charge on any atom is 0.00363 e. The van der Waals surface area contributed by atoms with Gasteiger partial charge in [-0.15, -0.1) is 0 Å². The first-order valence-corrected chi connectivity index (χ1v) is 3.31. The molecule has 0 aliphatic rings. The Balaban J connectivity index is 3.60. The Morgan fingerprint density at radius 2 is 1.89 bits per heavy atom. The van der Waals surface area contributed by atoms with E-state index in [0.29, 0.717) is 5.41 Å². The average Bonchev–Trinajstić information content (AvgIpc) is 1.62. The van der Waals surface area contributed by atoms with Crippen molar-refractivity contribution in [3.8, 4) is 0 Å². The van der Waals surface area contributed by atoms with Crippen LogP contribution in [0.25, 0.3) is 0 Å². The summed E-state index contributed by atoms with van der Waals surface area (Å²) < 4.78 is 0. The molecule has 54 valence electrons. The number of hydrogen-bond donors (Lipinski definition) is 1. The van der Waals surface area contributed by atoms with Gasteiger partial charge in [-0.3, -0.25) is 0 Å². The van der Waals surface area contributed by atoms with Gasteiger partial charge in [-0.1, -0.05) is 27.4 Å². The fraction of sp³-hybridized carbons (Fsp3) is 0.750. The second-order valence-corrected chi connectivity index (χ2v) is 3.59. The molecular formula is C8H17N. The molecule has 0 amide bonds. The van der Waals surface area contributed by atoms with Crippen LogP contribution < -0.4 is 5.32 Å². The summed E-state index contributed by atoms with van der Waals surface area (Å²) in [5.74, 6) is 0. The molecule has 0 aliphatic carbocycles. The second-order valence-electron chi connectivity index (χ2n) is 3.59. The topological polar surface area (TPSA) is 12.0 Å². The molecule has 0 heterocycles. The molecule has 0 aromatic rings. The molecule has 0 rings (SSSR count). The number of hydrogen-bond acceptors (Lipinski definition) is 1. The maximum absolute atomic E-state index is 3.85. The molecule has 0 unspecified atom stereocenters. The van der Waals surface area contributed by atoms with E-state index in [2.05, 4.69) is 32.7 Å². The first-order chi connectivity index (χ1) is 3.95. The van der Waals surface area contributed by atoms with Crippen molar-refractivity contribution in [2.24, 2.45) is 5.41 Å². The molecule has 0 radical (unpaired) electrons. The summed E-state index contributed by atoms with van der Waals surface area (Å²) in [5.41, 5.74) is 1.47. The van der Waals surface area contributed by atoms with Gasteiger partial charge in [0.2, 0.25) is 0 Å². The quantitative estimate of drug-likeness (QED) is 0.599. The van der Waals surface area contributed by atoms with Crippen molar-refractivity contribution < 1.29 is 0 Å². The van der Waals surface area contributed by atoms with Crippen LogP contribution in [0, 0.1) is 5.41 Å². The van der Waals surface area contributed by atoms with Crippen LogP contribution in [0.5, 0.6) is 0 Å². The third-order valence-electron chi connectivity index (χ3n) is 1.10. The molecule has 1 heteroatoms. The van der Waals surface area contributed by atoms with Crippen LogP contribution in [-0.2, 0) is 0 Å². The van der Waals surface area contributed by atoms with Gasteiger partial charge in [0, 0.05) is 12.7 Å². The SMILES string of the molecule is C=C(CC(C)(C)C)NC. The monoisotopic (exact) mass is 127 g/mol. The van der Waals surface area contributed by atoms with Crippen LogP contribution in [0.3, 0.4) is 0 Å². The Morgan fingerprint density at radius 1 is 1.44 bits per heavy atom. The zero-order chi connectivity index (χ0) is 7.49. The van der Waals surface area contributed by atoms with Crippen LogP contribution >= 0.6 is 0 Å². The largest absolute Gasteiger partial charge is 0.392 e. The number of rotatable bonds is 2. The molecule has 0 bridgehead atoms. The van der Waals surface area contributed by atoms with Crippen molar-refractivity contribution in [3.05, 3.63) is 12.3 Å². The summed E-state index contributed by atoms with van der Waals surface area (Å²) in [5, 5.41) is 3.03. The molecule has 0 spiro atoms. The number of nitrogens with one attached hydrogen (secondary N) is 1. The molecule has 0 atom stereocenters. The van der Waals surface area contributed by atoms with Gasteiger partial charge in [-0.25, -0.2) is 0 Å².